The Hall–Kier alpha value is -4.43. The van der Waals surface area contributed by atoms with Crippen LogP contribution in [0, 0.1) is 0 Å². The van der Waals surface area contributed by atoms with E-state index in [1.165, 1.54) is 17.9 Å². The summed E-state index contributed by atoms with van der Waals surface area (Å²) in [6, 6.07) is -0.665. The molecule has 1 amide bonds. The lowest BCUT2D eigenvalue weighted by atomic mass is 10.1. The predicted octanol–water partition coefficient (Wildman–Crippen LogP) is -4.00. The molecule has 0 aliphatic carbocycles. The van der Waals surface area contributed by atoms with Crippen LogP contribution in [0.3, 0.4) is 0 Å². The number of anilines is 2. The molecule has 35 heteroatoms. The lowest BCUT2D eigenvalue weighted by molar-refractivity contribution is -0.745. The molecule has 3 fully saturated rings. The number of aromatic amines is 2. The number of hydroxylamine groups is 2. The Morgan fingerprint density at radius 2 is 1.61 bits per heavy atom. The number of phosphoric ester groups is 2. The fourth-order valence-electron chi connectivity index (χ4n) is 6.72. The van der Waals surface area contributed by atoms with E-state index in [9.17, 15) is 68.0 Å². The number of amides is 1. The third kappa shape index (κ3) is 9.42. The summed E-state index contributed by atoms with van der Waals surface area (Å²) < 4.78 is 69.6. The van der Waals surface area contributed by atoms with Crippen LogP contribution in [0.5, 0.6) is 0 Å². The van der Waals surface area contributed by atoms with E-state index >= 15 is 0 Å². The Morgan fingerprint density at radius 1 is 0.968 bits per heavy atom. The number of phosphoric acid groups is 3. The smallest absolute Gasteiger partial charge is 0.387 e. The summed E-state index contributed by atoms with van der Waals surface area (Å²) >= 11 is 0. The molecule has 0 saturated carbocycles. The molecule has 3 aliphatic rings. The van der Waals surface area contributed by atoms with Gasteiger partial charge in [-0.1, -0.05) is 4.98 Å². The first kappa shape index (κ1) is 45.6. The van der Waals surface area contributed by atoms with Crippen LogP contribution in [0.25, 0.3) is 22.3 Å². The van der Waals surface area contributed by atoms with Crippen LogP contribution in [0.2, 0.25) is 0 Å². The molecule has 340 valence electrons. The summed E-state index contributed by atoms with van der Waals surface area (Å²) in [4.78, 5) is 101. The molecule has 7 rings (SSSR count). The van der Waals surface area contributed by atoms with E-state index < -0.39 is 115 Å². The van der Waals surface area contributed by atoms with Gasteiger partial charge in [0.25, 0.3) is 17.1 Å². The highest BCUT2D eigenvalue weighted by Crippen LogP contribution is 2.67. The Balaban J connectivity index is 0.947. The summed E-state index contributed by atoms with van der Waals surface area (Å²) in [7, 11) is -16.2. The number of nitrogens with zero attached hydrogens (tertiary/aromatic N) is 7. The molecule has 12 N–H and O–H groups in total. The maximum atomic E-state index is 13.0. The van der Waals surface area contributed by atoms with E-state index in [2.05, 4.69) is 47.9 Å². The van der Waals surface area contributed by atoms with Crippen LogP contribution in [0.15, 0.2) is 22.2 Å². The maximum absolute atomic E-state index is 13.0. The zero-order chi connectivity index (χ0) is 45.1. The number of ether oxygens (including phenoxy) is 2. The Morgan fingerprint density at radius 3 is 2.27 bits per heavy atom. The molecule has 3 saturated heterocycles. The minimum absolute atomic E-state index is 0.120. The van der Waals surface area contributed by atoms with Crippen LogP contribution in [0.4, 0.5) is 16.7 Å². The second-order valence-corrected chi connectivity index (χ2v) is 18.4. The number of aromatic nitrogens is 8. The number of aliphatic hydroxyl groups excluding tert-OH is 4. The van der Waals surface area contributed by atoms with E-state index in [4.69, 9.17) is 20.0 Å². The first-order chi connectivity index (χ1) is 29.1. The van der Waals surface area contributed by atoms with Crippen molar-refractivity contribution in [2.75, 3.05) is 30.8 Å². The summed E-state index contributed by atoms with van der Waals surface area (Å²) in [6.45, 7) is -2.00. The van der Waals surface area contributed by atoms with Crippen LogP contribution < -0.4 is 26.7 Å². The highest BCUT2D eigenvalue weighted by Gasteiger charge is 2.50. The van der Waals surface area contributed by atoms with Crippen LogP contribution >= 0.6 is 23.5 Å². The van der Waals surface area contributed by atoms with Gasteiger partial charge in [-0.2, -0.15) is 13.6 Å². The van der Waals surface area contributed by atoms with E-state index in [0.29, 0.717) is 19.1 Å². The van der Waals surface area contributed by atoms with Crippen LogP contribution in [0.1, 0.15) is 25.3 Å². The number of rotatable bonds is 15. The van der Waals surface area contributed by atoms with Gasteiger partial charge in [0, 0.05) is 6.54 Å². The SMILES string of the molecule is Cn1c[n+]([C@@H]2O[C@H](COP(=O)(O)OP(=O)(O)OP(=O)(O)OC[C@H]3O[C@@H](n4cnc5c(=O)[nH]c(N)nc54)C(O)[C@H]3O)[C@H](O)C2O)c2nc(NC(=O)ON3CCC[C@H]3C=O)[nH]c(=O)c21. The fraction of sp³-hybridized carbons (Fsp3) is 0.556. The van der Waals surface area contributed by atoms with Crippen molar-refractivity contribution in [2.24, 2.45) is 7.05 Å². The molecular weight excluding hydrogens is 907 g/mol. The number of hydrogen-bond acceptors (Lipinski definition) is 23. The summed E-state index contributed by atoms with van der Waals surface area (Å²) in [5.41, 5.74) is 3.30. The number of aliphatic hydroxyl groups is 4. The largest absolute Gasteiger partial charge is 0.490 e. The maximum Gasteiger partial charge on any atom is 0.490 e. The predicted molar refractivity (Wildman–Crippen MR) is 195 cm³/mol. The Bertz CT molecular complexity index is 2640. The molecule has 12 atom stereocenters. The number of nitrogens with two attached hydrogens (primary N) is 1. The topological polar surface area (TPSA) is 451 Å². The number of aldehydes is 1. The molecule has 5 unspecified atom stereocenters. The molecule has 0 spiro atoms. The van der Waals surface area contributed by atoms with E-state index in [1.54, 1.807) is 0 Å². The number of hydrogen-bond donors (Lipinski definition) is 11. The first-order valence-corrected chi connectivity index (χ1v) is 22.2. The Labute approximate surface area is 343 Å². The minimum Gasteiger partial charge on any atom is -0.387 e. The molecule has 62 heavy (non-hydrogen) atoms. The standard InChI is InChI=1S/C27H36N11O21P3/c1-35-9-37(20-14(35)22(45)33-26(31-20)34-27(46)57-38-4-2-3-10(38)5-39)24-18(43)16(41)12(56-24)7-54-61(49,50)59-62(51,52)58-60(47,48)53-6-11-15(40)17(42)23(55-11)36-8-29-13-19(36)30-25(28)32-21(13)44/h5,8-12,15-18,23-24,40-43H,2-4,6-7H2,1H3,(H7-,28,30,31,32,33,34,44,45,46,47,48,49,50,51,52)/p+1/t10-,11+,12+,15-,16-,17?,18?,23+,24+/m0/s1. The third-order valence-corrected chi connectivity index (χ3v) is 13.7. The fourth-order valence-corrected chi connectivity index (χ4v) is 10.2. The van der Waals surface area contributed by atoms with Crippen molar-refractivity contribution < 1.29 is 94.9 Å². The van der Waals surface area contributed by atoms with Crippen molar-refractivity contribution in [1.29, 1.82) is 0 Å². The molecular formula is C27H37N11O21P3+. The minimum atomic E-state index is -6.07. The normalized spacial score (nSPS) is 29.7. The van der Waals surface area contributed by atoms with Gasteiger partial charge in [-0.25, -0.2) is 33.4 Å². The number of imidazole rings is 2. The van der Waals surface area contributed by atoms with Gasteiger partial charge in [0.1, 0.15) is 49.0 Å². The number of nitrogen functional groups attached to an aromatic ring is 1. The van der Waals surface area contributed by atoms with E-state index in [-0.39, 0.29) is 34.8 Å². The molecule has 32 nitrogen and oxygen atoms in total. The zero-order valence-corrected chi connectivity index (χ0v) is 34.0. The van der Waals surface area contributed by atoms with Gasteiger partial charge >= 0.3 is 35.2 Å². The van der Waals surface area contributed by atoms with Crippen molar-refractivity contribution in [3.05, 3.63) is 33.4 Å². The van der Waals surface area contributed by atoms with Crippen LogP contribution in [-0.2, 0) is 57.5 Å². The second kappa shape index (κ2) is 17.3. The zero-order valence-electron chi connectivity index (χ0n) is 31.4. The second-order valence-electron chi connectivity index (χ2n) is 13.7. The van der Waals surface area contributed by atoms with Crippen molar-refractivity contribution in [2.45, 2.75) is 68.0 Å². The first-order valence-electron chi connectivity index (χ1n) is 17.7. The molecule has 0 aromatic carbocycles. The third-order valence-electron chi connectivity index (χ3n) is 9.49. The number of carbonyl (C=O) groups excluding carboxylic acids is 2. The van der Waals surface area contributed by atoms with Crippen molar-refractivity contribution in [1.82, 2.24) is 39.1 Å². The lowest BCUT2D eigenvalue weighted by Crippen LogP contribution is -2.46. The lowest BCUT2D eigenvalue weighted by Gasteiger charge is -2.21. The van der Waals surface area contributed by atoms with Crippen molar-refractivity contribution in [3.8, 4) is 0 Å². The quantitative estimate of drug-likeness (QED) is 0.0307. The molecule has 3 aliphatic heterocycles. The molecule has 0 bridgehead atoms. The molecule has 4 aromatic rings. The average Bonchev–Trinajstić information content (AvgIpc) is 3.98. The van der Waals surface area contributed by atoms with Gasteiger partial charge in [0.05, 0.1) is 26.6 Å². The number of carbonyl (C=O) groups is 2. The number of H-pyrrole nitrogens is 2. The van der Waals surface area contributed by atoms with Gasteiger partial charge < -0.3 is 59.9 Å². The van der Waals surface area contributed by atoms with Crippen LogP contribution in [-0.4, -0.2) is 149 Å². The molecule has 4 aromatic heterocycles. The van der Waals surface area contributed by atoms with Gasteiger partial charge in [0.15, 0.2) is 23.7 Å². The van der Waals surface area contributed by atoms with E-state index in [1.807, 2.05) is 0 Å². The van der Waals surface area contributed by atoms with Gasteiger partial charge in [-0.3, -0.25) is 37.7 Å². The summed E-state index contributed by atoms with van der Waals surface area (Å²) in [5.74, 6) is -0.759. The van der Waals surface area contributed by atoms with Crippen molar-refractivity contribution in [3.63, 3.8) is 0 Å². The van der Waals surface area contributed by atoms with Gasteiger partial charge in [-0.05, 0) is 12.8 Å². The molecule has 0 radical (unpaired) electrons. The monoisotopic (exact) mass is 944 g/mol. The average molecular weight is 945 g/mol. The van der Waals surface area contributed by atoms with Gasteiger partial charge in [0.2, 0.25) is 17.7 Å². The number of fused-ring (bicyclic) bond motifs is 2. The van der Waals surface area contributed by atoms with Gasteiger partial charge in [-0.15, -0.1) is 5.06 Å². The highest BCUT2D eigenvalue weighted by molar-refractivity contribution is 7.66. The highest BCUT2D eigenvalue weighted by atomic mass is 31.3. The number of aryl methyl sites for hydroxylation is 1. The summed E-state index contributed by atoms with van der Waals surface area (Å²) in [6.07, 6.45) is -11.1. The van der Waals surface area contributed by atoms with Crippen molar-refractivity contribution >= 4 is 70.1 Å². The summed E-state index contributed by atoms with van der Waals surface area (Å²) in [5, 5.41) is 46.0. The number of nitrogens with one attached hydrogen (secondary N) is 3. The molecule has 7 heterocycles. The Kier molecular flexibility index (Phi) is 12.7. The van der Waals surface area contributed by atoms with E-state index in [0.717, 1.165) is 20.5 Å².